The Morgan fingerprint density at radius 2 is 2.06 bits per heavy atom. The molecule has 0 amide bonds. The van der Waals surface area contributed by atoms with E-state index in [1.54, 1.807) is 12.1 Å². The van der Waals surface area contributed by atoms with E-state index < -0.39 is 16.0 Å². The molecule has 0 fully saturated rings. The van der Waals surface area contributed by atoms with Crippen molar-refractivity contribution in [2.24, 2.45) is 0 Å². The number of hydrogen-bond donors (Lipinski definition) is 1. The number of methoxy groups -OCH3 is 1. The normalized spacial score (nSPS) is 11.2. The average molecular weight is 257 g/mol. The third kappa shape index (κ3) is 2.65. The second-order valence-corrected chi connectivity index (χ2v) is 5.17. The molecule has 0 radical (unpaired) electrons. The van der Waals surface area contributed by atoms with Crippen LogP contribution < -0.4 is 4.72 Å². The van der Waals surface area contributed by atoms with Gasteiger partial charge in [-0.1, -0.05) is 19.1 Å². The van der Waals surface area contributed by atoms with Crippen molar-refractivity contribution in [1.82, 2.24) is 4.72 Å². The number of hydrogen-bond acceptors (Lipinski definition) is 4. The van der Waals surface area contributed by atoms with Gasteiger partial charge in [0.2, 0.25) is 10.0 Å². The van der Waals surface area contributed by atoms with Crippen LogP contribution in [0.3, 0.4) is 0 Å². The van der Waals surface area contributed by atoms with E-state index in [1.807, 2.05) is 6.92 Å². The molecule has 0 atom stereocenters. The molecule has 6 heteroatoms. The van der Waals surface area contributed by atoms with Crippen LogP contribution in [-0.2, 0) is 21.2 Å². The van der Waals surface area contributed by atoms with Crippen molar-refractivity contribution in [2.75, 3.05) is 14.2 Å². The number of benzene rings is 1. The first-order chi connectivity index (χ1) is 7.97. The number of nitrogens with one attached hydrogen (secondary N) is 1. The predicted molar refractivity (Wildman–Crippen MR) is 63.4 cm³/mol. The first kappa shape index (κ1) is 13.7. The lowest BCUT2D eigenvalue weighted by molar-refractivity contribution is 0.0596. The van der Waals surface area contributed by atoms with Gasteiger partial charge < -0.3 is 4.74 Å². The lowest BCUT2D eigenvalue weighted by atomic mass is 10.1. The molecule has 0 saturated carbocycles. The maximum Gasteiger partial charge on any atom is 0.339 e. The Labute approximate surface area is 101 Å². The van der Waals surface area contributed by atoms with E-state index in [2.05, 4.69) is 9.46 Å². The van der Waals surface area contributed by atoms with Crippen LogP contribution in [-0.4, -0.2) is 28.5 Å². The molecule has 0 aromatic heterocycles. The van der Waals surface area contributed by atoms with Crippen molar-refractivity contribution in [3.05, 3.63) is 29.3 Å². The molecular weight excluding hydrogens is 242 g/mol. The zero-order valence-electron chi connectivity index (χ0n) is 9.98. The minimum atomic E-state index is -3.68. The molecular formula is C11H15NO4S. The summed E-state index contributed by atoms with van der Waals surface area (Å²) >= 11 is 0. The van der Waals surface area contributed by atoms with Crippen LogP contribution in [0.4, 0.5) is 0 Å². The van der Waals surface area contributed by atoms with E-state index in [-0.39, 0.29) is 10.5 Å². The molecule has 0 aliphatic rings. The summed E-state index contributed by atoms with van der Waals surface area (Å²) in [5.74, 6) is -0.658. The van der Waals surface area contributed by atoms with Gasteiger partial charge in [-0.3, -0.25) is 0 Å². The van der Waals surface area contributed by atoms with Crippen LogP contribution in [0.5, 0.6) is 0 Å². The highest BCUT2D eigenvalue weighted by Gasteiger charge is 2.24. The van der Waals surface area contributed by atoms with Gasteiger partial charge in [0.15, 0.2) is 0 Å². The monoisotopic (exact) mass is 257 g/mol. The maximum atomic E-state index is 11.9. The van der Waals surface area contributed by atoms with Gasteiger partial charge in [0.05, 0.1) is 17.6 Å². The Balaban J connectivity index is 3.58. The predicted octanol–water partition coefficient (Wildman–Crippen LogP) is 0.944. The van der Waals surface area contributed by atoms with E-state index in [4.69, 9.17) is 0 Å². The fourth-order valence-electron chi connectivity index (χ4n) is 1.55. The molecule has 0 spiro atoms. The lowest BCUT2D eigenvalue weighted by Crippen LogP contribution is -2.23. The van der Waals surface area contributed by atoms with E-state index in [0.29, 0.717) is 12.0 Å². The highest BCUT2D eigenvalue weighted by molar-refractivity contribution is 7.89. The summed E-state index contributed by atoms with van der Waals surface area (Å²) < 4.78 is 30.6. The fraction of sp³-hybridized carbons (Fsp3) is 0.364. The van der Waals surface area contributed by atoms with Crippen molar-refractivity contribution in [3.8, 4) is 0 Å². The van der Waals surface area contributed by atoms with Crippen LogP contribution >= 0.6 is 0 Å². The summed E-state index contributed by atoms with van der Waals surface area (Å²) in [4.78, 5) is 11.5. The molecule has 0 aliphatic carbocycles. The molecule has 5 nitrogen and oxygen atoms in total. The van der Waals surface area contributed by atoms with Crippen LogP contribution in [0.25, 0.3) is 0 Å². The average Bonchev–Trinajstić information content (AvgIpc) is 2.36. The van der Waals surface area contributed by atoms with Crippen LogP contribution in [0.2, 0.25) is 0 Å². The number of sulfonamides is 1. The molecule has 1 rings (SSSR count). The summed E-state index contributed by atoms with van der Waals surface area (Å²) in [6.07, 6.45) is 0.515. The first-order valence-corrected chi connectivity index (χ1v) is 6.60. The lowest BCUT2D eigenvalue weighted by Gasteiger charge is -2.12. The van der Waals surface area contributed by atoms with E-state index in [9.17, 15) is 13.2 Å². The van der Waals surface area contributed by atoms with Gasteiger partial charge in [-0.05, 0) is 25.1 Å². The summed E-state index contributed by atoms with van der Waals surface area (Å²) in [6, 6.07) is 4.76. The van der Waals surface area contributed by atoms with Crippen LogP contribution in [0.1, 0.15) is 22.8 Å². The quantitative estimate of drug-likeness (QED) is 0.815. The molecule has 0 unspecified atom stereocenters. The van der Waals surface area contributed by atoms with Crippen LogP contribution in [0, 0.1) is 0 Å². The van der Waals surface area contributed by atoms with Crippen molar-refractivity contribution in [2.45, 2.75) is 18.2 Å². The standard InChI is InChI=1S/C11H15NO4S/c1-4-8-6-5-7-9(11(13)16-3)10(8)17(14,15)12-2/h5-7,12H,4H2,1-3H3. The van der Waals surface area contributed by atoms with Gasteiger partial charge in [0.1, 0.15) is 0 Å². The molecule has 17 heavy (non-hydrogen) atoms. The number of esters is 1. The smallest absolute Gasteiger partial charge is 0.339 e. The topological polar surface area (TPSA) is 72.5 Å². The molecule has 0 bridgehead atoms. The second-order valence-electron chi connectivity index (χ2n) is 3.35. The third-order valence-electron chi connectivity index (χ3n) is 2.42. The molecule has 1 aromatic carbocycles. The molecule has 1 N–H and O–H groups in total. The van der Waals surface area contributed by atoms with Gasteiger partial charge in [-0.15, -0.1) is 0 Å². The molecule has 0 saturated heterocycles. The SMILES string of the molecule is CCc1cccc(C(=O)OC)c1S(=O)(=O)NC. The van der Waals surface area contributed by atoms with E-state index >= 15 is 0 Å². The first-order valence-electron chi connectivity index (χ1n) is 5.11. The van der Waals surface area contributed by atoms with Crippen molar-refractivity contribution < 1.29 is 17.9 Å². The Kier molecular flexibility index (Phi) is 4.25. The summed E-state index contributed by atoms with van der Waals surface area (Å²) in [6.45, 7) is 1.82. The van der Waals surface area contributed by atoms with E-state index in [1.165, 1.54) is 20.2 Å². The van der Waals surface area contributed by atoms with Crippen molar-refractivity contribution in [3.63, 3.8) is 0 Å². The number of ether oxygens (including phenoxy) is 1. The second kappa shape index (κ2) is 5.29. The highest BCUT2D eigenvalue weighted by atomic mass is 32.2. The Bertz CT molecular complexity index is 522. The molecule has 94 valence electrons. The number of carbonyl (C=O) groups excluding carboxylic acids is 1. The zero-order valence-corrected chi connectivity index (χ0v) is 10.8. The van der Waals surface area contributed by atoms with Crippen LogP contribution in [0.15, 0.2) is 23.1 Å². The van der Waals surface area contributed by atoms with Gasteiger partial charge in [0, 0.05) is 0 Å². The summed E-state index contributed by atoms with van der Waals surface area (Å²) in [5.41, 5.74) is 0.642. The minimum Gasteiger partial charge on any atom is -0.465 e. The van der Waals surface area contributed by atoms with Gasteiger partial charge in [-0.25, -0.2) is 17.9 Å². The van der Waals surface area contributed by atoms with Gasteiger partial charge >= 0.3 is 5.97 Å². The highest BCUT2D eigenvalue weighted by Crippen LogP contribution is 2.21. The Hall–Kier alpha value is -1.40. The van der Waals surface area contributed by atoms with Gasteiger partial charge in [-0.2, -0.15) is 0 Å². The van der Waals surface area contributed by atoms with Crippen molar-refractivity contribution >= 4 is 16.0 Å². The number of carbonyl (C=O) groups is 1. The third-order valence-corrected chi connectivity index (χ3v) is 3.98. The fourth-order valence-corrected chi connectivity index (χ4v) is 2.76. The number of rotatable bonds is 4. The summed E-state index contributed by atoms with van der Waals surface area (Å²) in [7, 11) is -1.15. The maximum absolute atomic E-state index is 11.9. The minimum absolute atomic E-state index is 0.00292. The van der Waals surface area contributed by atoms with Gasteiger partial charge in [0.25, 0.3) is 0 Å². The molecule has 0 heterocycles. The zero-order chi connectivity index (χ0) is 13.1. The summed E-state index contributed by atoms with van der Waals surface area (Å²) in [5, 5.41) is 0. The molecule has 0 aliphatic heterocycles. The molecule has 1 aromatic rings. The largest absolute Gasteiger partial charge is 0.465 e. The Morgan fingerprint density at radius 1 is 1.41 bits per heavy atom. The Morgan fingerprint density at radius 3 is 2.53 bits per heavy atom. The van der Waals surface area contributed by atoms with E-state index in [0.717, 1.165) is 0 Å². The number of aryl methyl sites for hydroxylation is 1. The van der Waals surface area contributed by atoms with Crippen molar-refractivity contribution in [1.29, 1.82) is 0 Å².